The summed E-state index contributed by atoms with van der Waals surface area (Å²) in [5, 5.41) is 2.52. The zero-order valence-electron chi connectivity index (χ0n) is 19.7. The summed E-state index contributed by atoms with van der Waals surface area (Å²) in [7, 11) is 0. The van der Waals surface area contributed by atoms with Crippen LogP contribution < -0.4 is 0 Å². The van der Waals surface area contributed by atoms with E-state index in [4.69, 9.17) is 9.97 Å². The highest BCUT2D eigenvalue weighted by Gasteiger charge is 2.15. The van der Waals surface area contributed by atoms with E-state index < -0.39 is 0 Å². The fourth-order valence-corrected chi connectivity index (χ4v) is 5.80. The van der Waals surface area contributed by atoms with Gasteiger partial charge in [0.15, 0.2) is 5.82 Å². The summed E-state index contributed by atoms with van der Waals surface area (Å²) < 4.78 is 2.56. The largest absolute Gasteiger partial charge is 0.264 e. The molecule has 0 fully saturated rings. The monoisotopic (exact) mass is 492 g/mol. The first-order valence-electron chi connectivity index (χ1n) is 12.0. The van der Waals surface area contributed by atoms with Gasteiger partial charge in [-0.25, -0.2) is 9.97 Å². The number of pyridine rings is 2. The minimum Gasteiger partial charge on any atom is -0.264 e. The van der Waals surface area contributed by atoms with Crippen molar-refractivity contribution in [2.45, 2.75) is 0 Å². The van der Waals surface area contributed by atoms with Crippen LogP contribution in [-0.2, 0) is 0 Å². The Balaban J connectivity index is 1.46. The van der Waals surface area contributed by atoms with Gasteiger partial charge in [-0.1, -0.05) is 54.6 Å². The number of hydrogen-bond donors (Lipinski definition) is 0. The molecule has 0 aliphatic heterocycles. The van der Waals surface area contributed by atoms with Gasteiger partial charge < -0.3 is 0 Å². The third-order valence-corrected chi connectivity index (χ3v) is 7.65. The molecule has 0 aliphatic carbocycles. The van der Waals surface area contributed by atoms with Crippen LogP contribution in [-0.4, -0.2) is 19.9 Å². The van der Waals surface area contributed by atoms with Crippen molar-refractivity contribution >= 4 is 31.5 Å². The number of fused-ring (bicyclic) bond motifs is 3. The van der Waals surface area contributed by atoms with E-state index in [9.17, 15) is 0 Å². The number of thiophene rings is 1. The Bertz CT molecular complexity index is 1880. The molecule has 0 saturated carbocycles. The highest BCUT2D eigenvalue weighted by molar-refractivity contribution is 7.25. The quantitative estimate of drug-likeness (QED) is 0.248. The molecule has 0 unspecified atom stereocenters. The second-order valence-electron chi connectivity index (χ2n) is 8.80. The number of aromatic nitrogens is 4. The third-order valence-electron chi connectivity index (χ3n) is 6.50. The molecule has 4 heterocycles. The zero-order chi connectivity index (χ0) is 24.6. The zero-order valence-corrected chi connectivity index (χ0v) is 20.6. The fourth-order valence-electron chi connectivity index (χ4n) is 4.72. The lowest BCUT2D eigenvalue weighted by atomic mass is 9.99. The highest BCUT2D eigenvalue weighted by Crippen LogP contribution is 2.37. The minimum absolute atomic E-state index is 0.672. The van der Waals surface area contributed by atoms with Crippen molar-refractivity contribution in [1.29, 1.82) is 0 Å². The second-order valence-corrected chi connectivity index (χ2v) is 9.88. The Hall–Kier alpha value is -4.74. The van der Waals surface area contributed by atoms with Crippen LogP contribution in [0.25, 0.3) is 65.2 Å². The van der Waals surface area contributed by atoms with Crippen molar-refractivity contribution in [3.63, 3.8) is 0 Å². The molecule has 3 aromatic carbocycles. The average molecular weight is 493 g/mol. The van der Waals surface area contributed by atoms with Gasteiger partial charge in [0.05, 0.1) is 11.4 Å². The van der Waals surface area contributed by atoms with Gasteiger partial charge in [-0.3, -0.25) is 9.97 Å². The topological polar surface area (TPSA) is 51.6 Å². The van der Waals surface area contributed by atoms with Crippen LogP contribution in [0.2, 0.25) is 0 Å². The molecule has 0 aliphatic rings. The summed E-state index contributed by atoms with van der Waals surface area (Å²) >= 11 is 1.82. The predicted octanol–water partition coefficient (Wildman–Crippen LogP) is 8.30. The van der Waals surface area contributed by atoms with Crippen molar-refractivity contribution in [1.82, 2.24) is 19.9 Å². The van der Waals surface area contributed by atoms with Crippen molar-refractivity contribution in [3.8, 4) is 45.0 Å². The SMILES string of the molecule is c1cncc(-c2cc(-c3ccc4sc5ccccc5c4c3)nc(-c3ccccc3-c3cccnc3)n2)c1. The Labute approximate surface area is 218 Å². The Kier molecular flexibility index (Phi) is 5.26. The normalized spacial score (nSPS) is 11.2. The van der Waals surface area contributed by atoms with Crippen molar-refractivity contribution in [2.24, 2.45) is 0 Å². The van der Waals surface area contributed by atoms with Crippen LogP contribution >= 0.6 is 11.3 Å². The highest BCUT2D eigenvalue weighted by atomic mass is 32.1. The molecule has 7 rings (SSSR count). The maximum Gasteiger partial charge on any atom is 0.161 e. The molecular formula is C32H20N4S. The van der Waals surface area contributed by atoms with Gasteiger partial charge in [-0.2, -0.15) is 0 Å². The molecule has 174 valence electrons. The first-order chi connectivity index (χ1) is 18.3. The van der Waals surface area contributed by atoms with Crippen molar-refractivity contribution in [2.75, 3.05) is 0 Å². The first kappa shape index (κ1) is 21.5. The molecular weight excluding hydrogens is 472 g/mol. The number of rotatable bonds is 4. The van der Waals surface area contributed by atoms with E-state index >= 15 is 0 Å². The first-order valence-corrected chi connectivity index (χ1v) is 12.9. The van der Waals surface area contributed by atoms with E-state index in [2.05, 4.69) is 76.7 Å². The molecule has 7 aromatic rings. The van der Waals surface area contributed by atoms with E-state index in [-0.39, 0.29) is 0 Å². The van der Waals surface area contributed by atoms with Gasteiger partial charge in [-0.15, -0.1) is 11.3 Å². The van der Waals surface area contributed by atoms with E-state index in [1.54, 1.807) is 12.4 Å². The van der Waals surface area contributed by atoms with Crippen LogP contribution in [0.5, 0.6) is 0 Å². The molecule has 4 nitrogen and oxygen atoms in total. The summed E-state index contributed by atoms with van der Waals surface area (Å²) in [6.45, 7) is 0. The van der Waals surface area contributed by atoms with E-state index in [1.165, 1.54) is 20.2 Å². The summed E-state index contributed by atoms with van der Waals surface area (Å²) in [5.74, 6) is 0.672. The molecule has 5 heteroatoms. The van der Waals surface area contributed by atoms with E-state index in [0.29, 0.717) is 5.82 Å². The minimum atomic E-state index is 0.672. The van der Waals surface area contributed by atoms with Crippen molar-refractivity contribution < 1.29 is 0 Å². The summed E-state index contributed by atoms with van der Waals surface area (Å²) in [6.07, 6.45) is 7.28. The Morgan fingerprint density at radius 1 is 0.486 bits per heavy atom. The molecule has 0 amide bonds. The maximum absolute atomic E-state index is 5.11. The molecule has 0 bridgehead atoms. The summed E-state index contributed by atoms with van der Waals surface area (Å²) in [4.78, 5) is 18.8. The number of hydrogen-bond acceptors (Lipinski definition) is 5. The van der Waals surface area contributed by atoms with Gasteiger partial charge in [0.1, 0.15) is 0 Å². The molecule has 37 heavy (non-hydrogen) atoms. The lowest BCUT2D eigenvalue weighted by Crippen LogP contribution is -1.97. The van der Waals surface area contributed by atoms with E-state index in [0.717, 1.165) is 39.2 Å². The second kappa shape index (κ2) is 9.04. The summed E-state index contributed by atoms with van der Waals surface area (Å²) in [6, 6.07) is 33.4. The average Bonchev–Trinajstić information content (AvgIpc) is 3.36. The summed E-state index contributed by atoms with van der Waals surface area (Å²) in [5.41, 5.74) is 6.76. The van der Waals surface area contributed by atoms with Crippen LogP contribution in [0, 0.1) is 0 Å². The standard InChI is InChI=1S/C32H20N4S/c1-2-11-26(24(9-1)22-7-5-15-33-19-22)32-35-28(18-29(36-32)23-8-6-16-34-20-23)21-13-14-31-27(17-21)25-10-3-4-12-30(25)37-31/h1-20H. The van der Waals surface area contributed by atoms with Gasteiger partial charge >= 0.3 is 0 Å². The smallest absolute Gasteiger partial charge is 0.161 e. The van der Waals surface area contributed by atoms with Gasteiger partial charge in [0.25, 0.3) is 0 Å². The van der Waals surface area contributed by atoms with Crippen LogP contribution in [0.1, 0.15) is 0 Å². The number of nitrogens with zero attached hydrogens (tertiary/aromatic N) is 4. The van der Waals surface area contributed by atoms with Gasteiger partial charge in [-0.05, 0) is 48.0 Å². The van der Waals surface area contributed by atoms with Crippen LogP contribution in [0.3, 0.4) is 0 Å². The van der Waals surface area contributed by atoms with E-state index in [1.807, 2.05) is 54.1 Å². The fraction of sp³-hybridized carbons (Fsp3) is 0. The van der Waals surface area contributed by atoms with Gasteiger partial charge in [0.2, 0.25) is 0 Å². The van der Waals surface area contributed by atoms with Gasteiger partial charge in [0, 0.05) is 67.2 Å². The Morgan fingerprint density at radius 2 is 1.16 bits per heavy atom. The Morgan fingerprint density at radius 3 is 1.95 bits per heavy atom. The third kappa shape index (κ3) is 3.96. The predicted molar refractivity (Wildman–Crippen MR) is 152 cm³/mol. The van der Waals surface area contributed by atoms with Crippen LogP contribution in [0.4, 0.5) is 0 Å². The molecule has 0 saturated heterocycles. The molecule has 0 atom stereocenters. The molecule has 0 spiro atoms. The molecule has 0 N–H and O–H groups in total. The maximum atomic E-state index is 5.11. The van der Waals surface area contributed by atoms with Crippen molar-refractivity contribution in [3.05, 3.63) is 122 Å². The van der Waals surface area contributed by atoms with Crippen LogP contribution in [0.15, 0.2) is 122 Å². The number of benzene rings is 3. The lowest BCUT2D eigenvalue weighted by Gasteiger charge is -2.12. The molecule has 4 aromatic heterocycles. The molecule has 0 radical (unpaired) electrons. The lowest BCUT2D eigenvalue weighted by molar-refractivity contribution is 1.18.